The van der Waals surface area contributed by atoms with Crippen molar-refractivity contribution in [3.63, 3.8) is 0 Å². The normalized spacial score (nSPS) is 28.1. The van der Waals surface area contributed by atoms with Crippen LogP contribution in [0, 0.1) is 17.3 Å². The van der Waals surface area contributed by atoms with E-state index in [0.717, 1.165) is 6.42 Å². The van der Waals surface area contributed by atoms with Crippen molar-refractivity contribution >= 4 is 11.8 Å². The Balaban J connectivity index is 2.58. The molecule has 0 bridgehead atoms. The minimum Gasteiger partial charge on any atom is -0.481 e. The van der Waals surface area contributed by atoms with Gasteiger partial charge in [-0.2, -0.15) is 0 Å². The SMILES string of the molecule is CC(C)(C)CC1CC(C(=O)O)CC1=O. The van der Waals surface area contributed by atoms with E-state index in [9.17, 15) is 9.59 Å². The summed E-state index contributed by atoms with van der Waals surface area (Å²) in [5.74, 6) is -1.16. The molecule has 2 unspecified atom stereocenters. The Labute approximate surface area is 84.5 Å². The number of hydrogen-bond acceptors (Lipinski definition) is 2. The zero-order valence-corrected chi connectivity index (χ0v) is 9.04. The molecule has 80 valence electrons. The van der Waals surface area contributed by atoms with Crippen LogP contribution in [-0.4, -0.2) is 16.9 Å². The first-order valence-electron chi connectivity index (χ1n) is 5.05. The molecule has 3 nitrogen and oxygen atoms in total. The molecule has 2 atom stereocenters. The molecule has 1 saturated carbocycles. The van der Waals surface area contributed by atoms with E-state index in [0.29, 0.717) is 6.42 Å². The Morgan fingerprint density at radius 3 is 2.43 bits per heavy atom. The van der Waals surface area contributed by atoms with E-state index >= 15 is 0 Å². The molecule has 0 heterocycles. The van der Waals surface area contributed by atoms with Gasteiger partial charge >= 0.3 is 5.97 Å². The van der Waals surface area contributed by atoms with Crippen molar-refractivity contribution in [2.75, 3.05) is 0 Å². The summed E-state index contributed by atoms with van der Waals surface area (Å²) in [6.45, 7) is 6.23. The van der Waals surface area contributed by atoms with Gasteiger partial charge in [0, 0.05) is 12.3 Å². The Bertz CT molecular complexity index is 250. The van der Waals surface area contributed by atoms with Crippen LogP contribution in [0.15, 0.2) is 0 Å². The minimum atomic E-state index is -0.824. The van der Waals surface area contributed by atoms with Crippen LogP contribution in [0.2, 0.25) is 0 Å². The second-order valence-corrected chi connectivity index (χ2v) is 5.40. The van der Waals surface area contributed by atoms with Gasteiger partial charge in [0.25, 0.3) is 0 Å². The zero-order chi connectivity index (χ0) is 10.9. The predicted molar refractivity (Wildman–Crippen MR) is 52.9 cm³/mol. The molecule has 1 rings (SSSR count). The van der Waals surface area contributed by atoms with Crippen LogP contribution in [-0.2, 0) is 9.59 Å². The first kappa shape index (κ1) is 11.2. The fourth-order valence-electron chi connectivity index (χ4n) is 2.09. The molecule has 0 amide bonds. The number of aliphatic carboxylic acids is 1. The largest absolute Gasteiger partial charge is 0.481 e. The van der Waals surface area contributed by atoms with Crippen molar-refractivity contribution in [3.05, 3.63) is 0 Å². The lowest BCUT2D eigenvalue weighted by molar-refractivity contribution is -0.142. The van der Waals surface area contributed by atoms with Crippen LogP contribution < -0.4 is 0 Å². The van der Waals surface area contributed by atoms with Crippen LogP contribution in [0.5, 0.6) is 0 Å². The maximum absolute atomic E-state index is 11.5. The Morgan fingerprint density at radius 2 is 2.07 bits per heavy atom. The molecule has 0 radical (unpaired) electrons. The summed E-state index contributed by atoms with van der Waals surface area (Å²) in [7, 11) is 0. The third-order valence-corrected chi connectivity index (χ3v) is 2.68. The average molecular weight is 198 g/mol. The highest BCUT2D eigenvalue weighted by Crippen LogP contribution is 2.36. The lowest BCUT2D eigenvalue weighted by Gasteiger charge is -2.21. The summed E-state index contributed by atoms with van der Waals surface area (Å²) >= 11 is 0. The number of carbonyl (C=O) groups excluding carboxylic acids is 1. The molecular weight excluding hydrogens is 180 g/mol. The standard InChI is InChI=1S/C11H18O3/c1-11(2,3)6-8-4-7(10(13)14)5-9(8)12/h7-8H,4-6H2,1-3H3,(H,13,14). The minimum absolute atomic E-state index is 0.0314. The van der Waals surface area contributed by atoms with Crippen molar-refractivity contribution < 1.29 is 14.7 Å². The molecule has 0 saturated heterocycles. The van der Waals surface area contributed by atoms with Crippen molar-refractivity contribution in [2.45, 2.75) is 40.0 Å². The van der Waals surface area contributed by atoms with Crippen LogP contribution in [0.1, 0.15) is 40.0 Å². The van der Waals surface area contributed by atoms with Crippen LogP contribution in [0.25, 0.3) is 0 Å². The number of carboxylic acids is 1. The molecule has 1 fully saturated rings. The number of ketones is 1. The van der Waals surface area contributed by atoms with E-state index in [4.69, 9.17) is 5.11 Å². The molecule has 1 aliphatic rings. The fraction of sp³-hybridized carbons (Fsp3) is 0.818. The third-order valence-electron chi connectivity index (χ3n) is 2.68. The first-order valence-corrected chi connectivity index (χ1v) is 5.05. The van der Waals surface area contributed by atoms with Gasteiger partial charge in [0.1, 0.15) is 5.78 Å². The van der Waals surface area contributed by atoms with Gasteiger partial charge in [0.15, 0.2) is 0 Å². The summed E-state index contributed by atoms with van der Waals surface area (Å²) in [6, 6.07) is 0. The maximum Gasteiger partial charge on any atom is 0.306 e. The molecule has 0 aliphatic heterocycles. The van der Waals surface area contributed by atoms with Gasteiger partial charge in [0.2, 0.25) is 0 Å². The summed E-state index contributed by atoms with van der Waals surface area (Å²) < 4.78 is 0. The van der Waals surface area contributed by atoms with Gasteiger partial charge in [-0.15, -0.1) is 0 Å². The van der Waals surface area contributed by atoms with Crippen molar-refractivity contribution in [2.24, 2.45) is 17.3 Å². The van der Waals surface area contributed by atoms with Crippen molar-refractivity contribution in [1.82, 2.24) is 0 Å². The zero-order valence-electron chi connectivity index (χ0n) is 9.04. The Hall–Kier alpha value is -0.860. The van der Waals surface area contributed by atoms with E-state index in [2.05, 4.69) is 20.8 Å². The third kappa shape index (κ3) is 2.82. The molecule has 1 aliphatic carbocycles. The fourth-order valence-corrected chi connectivity index (χ4v) is 2.09. The van der Waals surface area contributed by atoms with E-state index in [1.165, 1.54) is 0 Å². The number of hydrogen-bond donors (Lipinski definition) is 1. The summed E-state index contributed by atoms with van der Waals surface area (Å²) in [5, 5.41) is 8.79. The van der Waals surface area contributed by atoms with E-state index < -0.39 is 11.9 Å². The monoisotopic (exact) mass is 198 g/mol. The number of carbonyl (C=O) groups is 2. The van der Waals surface area contributed by atoms with Gasteiger partial charge in [-0.3, -0.25) is 9.59 Å². The van der Waals surface area contributed by atoms with Crippen LogP contribution >= 0.6 is 0 Å². The Morgan fingerprint density at radius 1 is 1.50 bits per heavy atom. The molecule has 0 aromatic carbocycles. The van der Waals surface area contributed by atoms with Gasteiger partial charge in [-0.05, 0) is 18.3 Å². The highest BCUT2D eigenvalue weighted by molar-refractivity contribution is 5.89. The highest BCUT2D eigenvalue weighted by atomic mass is 16.4. The van der Waals surface area contributed by atoms with E-state index in [1.807, 2.05) is 0 Å². The molecule has 1 N–H and O–H groups in total. The number of rotatable bonds is 2. The number of carboxylic acid groups (broad SMARTS) is 1. The topological polar surface area (TPSA) is 54.4 Å². The summed E-state index contributed by atoms with van der Waals surface area (Å²) in [6.07, 6.45) is 1.57. The van der Waals surface area contributed by atoms with Gasteiger partial charge in [-0.1, -0.05) is 20.8 Å². The second-order valence-electron chi connectivity index (χ2n) is 5.40. The lowest BCUT2D eigenvalue weighted by Crippen LogP contribution is -2.16. The van der Waals surface area contributed by atoms with Gasteiger partial charge in [-0.25, -0.2) is 0 Å². The highest BCUT2D eigenvalue weighted by Gasteiger charge is 2.38. The quantitative estimate of drug-likeness (QED) is 0.739. The molecule has 14 heavy (non-hydrogen) atoms. The number of Topliss-reactive ketones (excluding diaryl/α,β-unsaturated/α-hetero) is 1. The smallest absolute Gasteiger partial charge is 0.306 e. The predicted octanol–water partition coefficient (Wildman–Crippen LogP) is 2.10. The van der Waals surface area contributed by atoms with Crippen molar-refractivity contribution in [3.8, 4) is 0 Å². The van der Waals surface area contributed by atoms with Crippen molar-refractivity contribution in [1.29, 1.82) is 0 Å². The first-order chi connectivity index (χ1) is 6.29. The summed E-state index contributed by atoms with van der Waals surface area (Å²) in [5.41, 5.74) is 0.105. The second kappa shape index (κ2) is 3.71. The van der Waals surface area contributed by atoms with Gasteiger partial charge < -0.3 is 5.11 Å². The molecular formula is C11H18O3. The van der Waals surface area contributed by atoms with E-state index in [1.54, 1.807) is 0 Å². The molecule has 0 spiro atoms. The van der Waals surface area contributed by atoms with Crippen LogP contribution in [0.4, 0.5) is 0 Å². The van der Waals surface area contributed by atoms with Crippen LogP contribution in [0.3, 0.4) is 0 Å². The lowest BCUT2D eigenvalue weighted by atomic mass is 9.83. The Kier molecular flexibility index (Phi) is 2.98. The maximum atomic E-state index is 11.5. The van der Waals surface area contributed by atoms with Gasteiger partial charge in [0.05, 0.1) is 5.92 Å². The molecule has 3 heteroatoms. The summed E-state index contributed by atoms with van der Waals surface area (Å²) in [4.78, 5) is 22.2. The average Bonchev–Trinajstić information content (AvgIpc) is 2.29. The molecule has 0 aromatic rings. The van der Waals surface area contributed by atoms with E-state index in [-0.39, 0.29) is 23.5 Å². The molecule has 0 aromatic heterocycles.